The minimum Gasteiger partial charge on any atom is -0.497 e. The molecule has 33 heavy (non-hydrogen) atoms. The van der Waals surface area contributed by atoms with Gasteiger partial charge in [0, 0.05) is 38.3 Å². The van der Waals surface area contributed by atoms with E-state index in [-0.39, 0.29) is 18.7 Å². The summed E-state index contributed by atoms with van der Waals surface area (Å²) in [7, 11) is 1.62. The van der Waals surface area contributed by atoms with Crippen molar-refractivity contribution in [3.63, 3.8) is 0 Å². The highest BCUT2D eigenvalue weighted by Crippen LogP contribution is 2.35. The molecule has 0 unspecified atom stereocenters. The molecule has 1 N–H and O–H groups in total. The van der Waals surface area contributed by atoms with Gasteiger partial charge in [-0.1, -0.05) is 6.07 Å². The standard InChI is InChI=1S/C25H29N3O5/c1-31-21-5-3-20(4-6-21)26-25(30)28-11-8-18-13-24(29)27(10-9-19(18)15-28)14-17-2-7-22-23(12-17)33-16-32-22/h2-7,12,18-19H,8-11,13-16H2,1H3,(H,26,30)/t18-,19-/m0/s1. The largest absolute Gasteiger partial charge is 0.497 e. The van der Waals surface area contributed by atoms with Crippen molar-refractivity contribution in [3.05, 3.63) is 48.0 Å². The summed E-state index contributed by atoms with van der Waals surface area (Å²) < 4.78 is 16.0. The average molecular weight is 452 g/mol. The van der Waals surface area contributed by atoms with Crippen LogP contribution in [0, 0.1) is 11.8 Å². The number of piperidine rings is 1. The molecule has 3 aliphatic heterocycles. The first-order chi connectivity index (χ1) is 16.1. The van der Waals surface area contributed by atoms with Gasteiger partial charge < -0.3 is 29.3 Å². The van der Waals surface area contributed by atoms with E-state index in [4.69, 9.17) is 14.2 Å². The molecule has 2 aromatic carbocycles. The Morgan fingerprint density at radius 3 is 2.67 bits per heavy atom. The number of nitrogens with zero attached hydrogens (tertiary/aromatic N) is 2. The highest BCUT2D eigenvalue weighted by molar-refractivity contribution is 5.89. The lowest BCUT2D eigenvalue weighted by atomic mass is 9.82. The van der Waals surface area contributed by atoms with E-state index in [1.165, 1.54) is 0 Å². The van der Waals surface area contributed by atoms with Crippen LogP contribution in [-0.4, -0.2) is 55.3 Å². The predicted octanol–water partition coefficient (Wildman–Crippen LogP) is 3.72. The summed E-state index contributed by atoms with van der Waals surface area (Å²) in [4.78, 5) is 29.6. The molecule has 0 aliphatic carbocycles. The first-order valence-electron chi connectivity index (χ1n) is 11.5. The van der Waals surface area contributed by atoms with Gasteiger partial charge in [-0.05, 0) is 66.6 Å². The first-order valence-corrected chi connectivity index (χ1v) is 11.5. The maximum Gasteiger partial charge on any atom is 0.321 e. The van der Waals surface area contributed by atoms with Crippen LogP contribution in [0.25, 0.3) is 0 Å². The van der Waals surface area contributed by atoms with Crippen LogP contribution in [0.3, 0.4) is 0 Å². The first kappa shape index (κ1) is 21.4. The smallest absolute Gasteiger partial charge is 0.321 e. The van der Waals surface area contributed by atoms with E-state index in [1.807, 2.05) is 52.3 Å². The van der Waals surface area contributed by atoms with Gasteiger partial charge in [-0.25, -0.2) is 4.79 Å². The fourth-order valence-corrected chi connectivity index (χ4v) is 4.96. The van der Waals surface area contributed by atoms with E-state index in [2.05, 4.69) is 5.32 Å². The van der Waals surface area contributed by atoms with Crippen molar-refractivity contribution in [2.45, 2.75) is 25.8 Å². The summed E-state index contributed by atoms with van der Waals surface area (Å²) in [5.41, 5.74) is 1.78. The van der Waals surface area contributed by atoms with Gasteiger partial charge in [0.05, 0.1) is 7.11 Å². The lowest BCUT2D eigenvalue weighted by Gasteiger charge is -2.37. The van der Waals surface area contributed by atoms with Crippen molar-refractivity contribution in [2.75, 3.05) is 38.9 Å². The molecule has 0 spiro atoms. The number of methoxy groups -OCH3 is 1. The molecule has 0 bridgehead atoms. The second kappa shape index (κ2) is 9.21. The minimum absolute atomic E-state index is 0.0913. The van der Waals surface area contributed by atoms with Crippen LogP contribution in [-0.2, 0) is 11.3 Å². The molecule has 2 fully saturated rings. The summed E-state index contributed by atoms with van der Waals surface area (Å²) in [6, 6.07) is 13.1. The number of likely N-dealkylation sites (tertiary alicyclic amines) is 2. The van der Waals surface area contributed by atoms with Crippen molar-refractivity contribution in [1.82, 2.24) is 9.80 Å². The number of rotatable bonds is 4. The van der Waals surface area contributed by atoms with Crippen LogP contribution in [0.15, 0.2) is 42.5 Å². The zero-order chi connectivity index (χ0) is 22.8. The molecule has 2 aromatic rings. The number of nitrogens with one attached hydrogen (secondary N) is 1. The van der Waals surface area contributed by atoms with Crippen LogP contribution >= 0.6 is 0 Å². The van der Waals surface area contributed by atoms with Gasteiger partial charge in [0.15, 0.2) is 11.5 Å². The Labute approximate surface area is 193 Å². The number of urea groups is 1. The Bertz CT molecular complexity index is 1030. The number of benzene rings is 2. The van der Waals surface area contributed by atoms with E-state index >= 15 is 0 Å². The number of ether oxygens (including phenoxy) is 3. The molecule has 0 aromatic heterocycles. The zero-order valence-electron chi connectivity index (χ0n) is 18.8. The van der Waals surface area contributed by atoms with E-state index in [0.29, 0.717) is 44.4 Å². The molecule has 2 saturated heterocycles. The maximum absolute atomic E-state index is 13.0. The zero-order valence-corrected chi connectivity index (χ0v) is 18.8. The van der Waals surface area contributed by atoms with E-state index in [0.717, 1.165) is 41.3 Å². The predicted molar refractivity (Wildman–Crippen MR) is 122 cm³/mol. The normalized spacial score (nSPS) is 21.9. The Morgan fingerprint density at radius 2 is 1.85 bits per heavy atom. The second-order valence-electron chi connectivity index (χ2n) is 8.91. The van der Waals surface area contributed by atoms with Crippen molar-refractivity contribution in [3.8, 4) is 17.2 Å². The fraction of sp³-hybridized carbons (Fsp3) is 0.440. The molecule has 0 saturated carbocycles. The van der Waals surface area contributed by atoms with Gasteiger partial charge in [0.1, 0.15) is 5.75 Å². The third-order valence-electron chi connectivity index (χ3n) is 6.89. The van der Waals surface area contributed by atoms with Crippen LogP contribution in [0.4, 0.5) is 10.5 Å². The number of anilines is 1. The highest BCUT2D eigenvalue weighted by atomic mass is 16.7. The molecule has 174 valence electrons. The molecule has 3 heterocycles. The van der Waals surface area contributed by atoms with Gasteiger partial charge in [-0.2, -0.15) is 0 Å². The maximum atomic E-state index is 13.0. The lowest BCUT2D eigenvalue weighted by molar-refractivity contribution is -0.132. The number of hydrogen-bond acceptors (Lipinski definition) is 5. The molecule has 3 amide bonds. The second-order valence-corrected chi connectivity index (χ2v) is 8.91. The summed E-state index contributed by atoms with van der Waals surface area (Å²) in [6.45, 7) is 2.85. The Kier molecular flexibility index (Phi) is 5.98. The number of carbonyl (C=O) groups is 2. The summed E-state index contributed by atoms with van der Waals surface area (Å²) in [5.74, 6) is 3.08. The number of hydrogen-bond donors (Lipinski definition) is 1. The molecule has 8 nitrogen and oxygen atoms in total. The average Bonchev–Trinajstić information content (AvgIpc) is 3.24. The summed E-state index contributed by atoms with van der Waals surface area (Å²) in [5, 5.41) is 2.98. The van der Waals surface area contributed by atoms with Crippen LogP contribution in [0.2, 0.25) is 0 Å². The number of amides is 3. The molecular weight excluding hydrogens is 422 g/mol. The number of fused-ring (bicyclic) bond motifs is 2. The van der Waals surface area contributed by atoms with Crippen molar-refractivity contribution < 1.29 is 23.8 Å². The lowest BCUT2D eigenvalue weighted by Crippen LogP contribution is -2.45. The monoisotopic (exact) mass is 451 g/mol. The Hall–Kier alpha value is -3.42. The third-order valence-corrected chi connectivity index (χ3v) is 6.89. The fourth-order valence-electron chi connectivity index (χ4n) is 4.96. The molecule has 3 aliphatic rings. The highest BCUT2D eigenvalue weighted by Gasteiger charge is 2.36. The SMILES string of the molecule is COc1ccc(NC(=O)N2CC[C@H]3CC(=O)N(Cc4ccc5c(c4)OCO5)CC[C@H]3C2)cc1. The molecule has 2 atom stereocenters. The molecule has 0 radical (unpaired) electrons. The van der Waals surface area contributed by atoms with Crippen molar-refractivity contribution in [1.29, 1.82) is 0 Å². The Morgan fingerprint density at radius 1 is 1.06 bits per heavy atom. The topological polar surface area (TPSA) is 80.3 Å². The van der Waals surface area contributed by atoms with Crippen LogP contribution in [0.1, 0.15) is 24.8 Å². The van der Waals surface area contributed by atoms with Gasteiger partial charge >= 0.3 is 6.03 Å². The molecular formula is C25H29N3O5. The van der Waals surface area contributed by atoms with Crippen molar-refractivity contribution >= 4 is 17.6 Å². The Balaban J connectivity index is 1.19. The van der Waals surface area contributed by atoms with E-state index in [1.54, 1.807) is 7.11 Å². The molecule has 5 rings (SSSR count). The van der Waals surface area contributed by atoms with Gasteiger partial charge in [0.25, 0.3) is 0 Å². The van der Waals surface area contributed by atoms with Crippen LogP contribution in [0.5, 0.6) is 17.2 Å². The van der Waals surface area contributed by atoms with Gasteiger partial charge in [-0.15, -0.1) is 0 Å². The van der Waals surface area contributed by atoms with Crippen molar-refractivity contribution in [2.24, 2.45) is 11.8 Å². The van der Waals surface area contributed by atoms with Crippen LogP contribution < -0.4 is 19.5 Å². The molecule has 8 heteroatoms. The number of carbonyl (C=O) groups excluding carboxylic acids is 2. The quantitative estimate of drug-likeness (QED) is 0.767. The third kappa shape index (κ3) is 4.69. The van der Waals surface area contributed by atoms with E-state index in [9.17, 15) is 9.59 Å². The summed E-state index contributed by atoms with van der Waals surface area (Å²) in [6.07, 6.45) is 2.29. The van der Waals surface area contributed by atoms with E-state index < -0.39 is 0 Å². The minimum atomic E-state index is -0.0913. The summed E-state index contributed by atoms with van der Waals surface area (Å²) >= 11 is 0. The van der Waals surface area contributed by atoms with Gasteiger partial charge in [-0.3, -0.25) is 4.79 Å². The van der Waals surface area contributed by atoms with Gasteiger partial charge in [0.2, 0.25) is 12.7 Å².